The summed E-state index contributed by atoms with van der Waals surface area (Å²) in [5.41, 5.74) is 7.35. The average molecular weight is 664 g/mol. The number of rotatable bonds is 16. The van der Waals surface area contributed by atoms with Crippen molar-refractivity contribution in [2.45, 2.75) is 77.2 Å². The van der Waals surface area contributed by atoms with Gasteiger partial charge in [0.05, 0.1) is 18.8 Å². The Morgan fingerprint density at radius 2 is 1.51 bits per heavy atom. The van der Waals surface area contributed by atoms with Gasteiger partial charge in [-0.3, -0.25) is 14.5 Å². The Hall–Kier alpha value is -4.34. The molecular formula is C41H49N3O5. The SMILES string of the molecule is CC(=O)NCCCCCC(=O)NCc1cccc(-c2ccc([C@@H]3O[C@H](CN(C)Cc4ccccc4)C[C@H](c4ccc(CO)cc4)O3)cc2)c1. The second-order valence-corrected chi connectivity index (χ2v) is 12.9. The van der Waals surface area contributed by atoms with Crippen LogP contribution in [0.5, 0.6) is 0 Å². The van der Waals surface area contributed by atoms with Crippen molar-refractivity contribution in [2.75, 3.05) is 20.1 Å². The number of aliphatic hydroxyl groups is 1. The van der Waals surface area contributed by atoms with E-state index in [9.17, 15) is 14.7 Å². The van der Waals surface area contributed by atoms with Gasteiger partial charge in [-0.15, -0.1) is 0 Å². The highest BCUT2D eigenvalue weighted by atomic mass is 16.7. The average Bonchev–Trinajstić information content (AvgIpc) is 3.12. The van der Waals surface area contributed by atoms with Gasteiger partial charge in [0, 0.05) is 51.5 Å². The Kier molecular flexibility index (Phi) is 13.5. The smallest absolute Gasteiger partial charge is 0.220 e. The maximum absolute atomic E-state index is 12.4. The molecule has 1 aliphatic heterocycles. The first-order valence-corrected chi connectivity index (χ1v) is 17.3. The minimum atomic E-state index is -0.521. The first-order valence-electron chi connectivity index (χ1n) is 17.3. The van der Waals surface area contributed by atoms with Gasteiger partial charge in [0.1, 0.15) is 0 Å². The molecule has 0 saturated carbocycles. The first kappa shape index (κ1) is 36.0. The molecule has 5 rings (SSSR count). The highest BCUT2D eigenvalue weighted by molar-refractivity contribution is 5.76. The molecule has 1 heterocycles. The monoisotopic (exact) mass is 663 g/mol. The molecule has 0 unspecified atom stereocenters. The zero-order valence-electron chi connectivity index (χ0n) is 28.6. The van der Waals surface area contributed by atoms with Gasteiger partial charge in [-0.25, -0.2) is 0 Å². The van der Waals surface area contributed by atoms with Gasteiger partial charge in [-0.1, -0.05) is 103 Å². The molecule has 0 aliphatic carbocycles. The van der Waals surface area contributed by atoms with Crippen LogP contribution in [0.1, 0.15) is 79.2 Å². The van der Waals surface area contributed by atoms with Crippen LogP contribution in [0.15, 0.2) is 103 Å². The normalized spacial score (nSPS) is 17.5. The van der Waals surface area contributed by atoms with Gasteiger partial charge in [-0.05, 0) is 59.3 Å². The highest BCUT2D eigenvalue weighted by Crippen LogP contribution is 2.38. The topological polar surface area (TPSA) is 100 Å². The van der Waals surface area contributed by atoms with Crippen molar-refractivity contribution in [3.63, 3.8) is 0 Å². The van der Waals surface area contributed by atoms with E-state index in [0.29, 0.717) is 19.5 Å². The number of likely N-dealkylation sites (N-methyl/N-ethyl adjacent to an activating group) is 1. The van der Waals surface area contributed by atoms with Crippen LogP contribution in [0, 0.1) is 0 Å². The largest absolute Gasteiger partial charge is 0.392 e. The molecule has 0 radical (unpaired) electrons. The van der Waals surface area contributed by atoms with Crippen LogP contribution in [-0.2, 0) is 38.8 Å². The van der Waals surface area contributed by atoms with E-state index in [4.69, 9.17) is 9.47 Å². The zero-order chi connectivity index (χ0) is 34.4. The number of ether oxygens (including phenoxy) is 2. The fourth-order valence-corrected chi connectivity index (χ4v) is 6.17. The molecule has 1 aliphatic rings. The predicted molar refractivity (Wildman–Crippen MR) is 192 cm³/mol. The van der Waals surface area contributed by atoms with Crippen molar-refractivity contribution < 1.29 is 24.2 Å². The van der Waals surface area contributed by atoms with Crippen molar-refractivity contribution in [2.24, 2.45) is 0 Å². The predicted octanol–water partition coefficient (Wildman–Crippen LogP) is 6.84. The molecule has 4 aromatic carbocycles. The van der Waals surface area contributed by atoms with Gasteiger partial charge in [0.2, 0.25) is 11.8 Å². The molecular weight excluding hydrogens is 614 g/mol. The van der Waals surface area contributed by atoms with Crippen LogP contribution in [0.3, 0.4) is 0 Å². The lowest BCUT2D eigenvalue weighted by Gasteiger charge is -2.38. The number of hydrogen-bond donors (Lipinski definition) is 3. The standard InChI is InChI=1S/C41H49N3O5/c1-30(46)42-23-8-4-7-14-40(47)43-26-33-12-9-13-37(24-33)34-19-21-36(22-20-34)41-48-38(28-44(2)27-31-10-5-3-6-11-31)25-39(49-41)35-17-15-32(29-45)16-18-35/h3,5-6,9-13,15-22,24,38-39,41,45H,4,7-8,14,23,25-29H2,1-2H3,(H,42,46)(H,43,47)/t38-,39+,41+/m0/s1. The highest BCUT2D eigenvalue weighted by Gasteiger charge is 2.32. The molecule has 258 valence electrons. The van der Waals surface area contributed by atoms with Crippen molar-refractivity contribution in [1.82, 2.24) is 15.5 Å². The minimum absolute atomic E-state index is 0.0113. The summed E-state index contributed by atoms with van der Waals surface area (Å²) in [6.07, 6.45) is 3.09. The minimum Gasteiger partial charge on any atom is -0.392 e. The number of hydrogen-bond acceptors (Lipinski definition) is 6. The van der Waals surface area contributed by atoms with E-state index in [2.05, 4.69) is 83.2 Å². The van der Waals surface area contributed by atoms with Crippen molar-refractivity contribution >= 4 is 11.8 Å². The van der Waals surface area contributed by atoms with E-state index < -0.39 is 6.29 Å². The molecule has 1 saturated heterocycles. The lowest BCUT2D eigenvalue weighted by molar-refractivity contribution is -0.252. The Labute approximate surface area is 290 Å². The van der Waals surface area contributed by atoms with Gasteiger partial charge in [-0.2, -0.15) is 0 Å². The molecule has 8 nitrogen and oxygen atoms in total. The van der Waals surface area contributed by atoms with Crippen molar-refractivity contribution in [3.8, 4) is 11.1 Å². The summed E-state index contributed by atoms with van der Waals surface area (Å²) >= 11 is 0. The summed E-state index contributed by atoms with van der Waals surface area (Å²) in [5, 5.41) is 15.4. The van der Waals surface area contributed by atoms with Crippen molar-refractivity contribution in [1.29, 1.82) is 0 Å². The zero-order valence-corrected chi connectivity index (χ0v) is 28.6. The molecule has 3 atom stereocenters. The maximum Gasteiger partial charge on any atom is 0.220 e. The van der Waals surface area contributed by atoms with Crippen LogP contribution in [0.25, 0.3) is 11.1 Å². The Bertz CT molecular complexity index is 1610. The number of carbonyl (C=O) groups excluding carboxylic acids is 2. The maximum atomic E-state index is 12.4. The Balaban J connectivity index is 1.20. The summed E-state index contributed by atoms with van der Waals surface area (Å²) in [6, 6.07) is 35.0. The van der Waals surface area contributed by atoms with E-state index in [1.54, 1.807) is 0 Å². The third kappa shape index (κ3) is 11.4. The molecule has 0 aromatic heterocycles. The molecule has 2 amide bonds. The summed E-state index contributed by atoms with van der Waals surface area (Å²) in [7, 11) is 2.12. The number of nitrogens with zero attached hydrogens (tertiary/aromatic N) is 1. The van der Waals surface area contributed by atoms with Gasteiger partial charge >= 0.3 is 0 Å². The van der Waals surface area contributed by atoms with Crippen LogP contribution in [0.2, 0.25) is 0 Å². The quantitative estimate of drug-likeness (QED) is 0.114. The van der Waals surface area contributed by atoms with Crippen LogP contribution < -0.4 is 10.6 Å². The molecule has 49 heavy (non-hydrogen) atoms. The Morgan fingerprint density at radius 1 is 0.776 bits per heavy atom. The lowest BCUT2D eigenvalue weighted by atomic mass is 9.99. The van der Waals surface area contributed by atoms with E-state index in [1.165, 1.54) is 12.5 Å². The number of aliphatic hydroxyl groups excluding tert-OH is 1. The molecule has 0 spiro atoms. The van der Waals surface area contributed by atoms with Crippen LogP contribution in [0.4, 0.5) is 0 Å². The van der Waals surface area contributed by atoms with Gasteiger partial charge in [0.15, 0.2) is 6.29 Å². The third-order valence-electron chi connectivity index (χ3n) is 8.81. The lowest BCUT2D eigenvalue weighted by Crippen LogP contribution is -2.37. The Morgan fingerprint density at radius 3 is 2.24 bits per heavy atom. The van der Waals surface area contributed by atoms with Gasteiger partial charge < -0.3 is 25.2 Å². The number of nitrogens with one attached hydrogen (secondary N) is 2. The molecule has 0 bridgehead atoms. The molecule has 1 fully saturated rings. The summed E-state index contributed by atoms with van der Waals surface area (Å²) < 4.78 is 13.2. The number of unbranched alkanes of at least 4 members (excludes halogenated alkanes) is 2. The first-order chi connectivity index (χ1) is 23.9. The molecule has 8 heteroatoms. The number of amides is 2. The second kappa shape index (κ2) is 18.4. The van der Waals surface area contributed by atoms with E-state index >= 15 is 0 Å². The fraction of sp³-hybridized carbons (Fsp3) is 0.366. The summed E-state index contributed by atoms with van der Waals surface area (Å²) in [4.78, 5) is 25.6. The number of benzene rings is 4. The van der Waals surface area contributed by atoms with E-state index in [0.717, 1.165) is 72.2 Å². The fourth-order valence-electron chi connectivity index (χ4n) is 6.17. The second-order valence-electron chi connectivity index (χ2n) is 12.9. The van der Waals surface area contributed by atoms with Crippen molar-refractivity contribution in [3.05, 3.63) is 131 Å². The molecule has 3 N–H and O–H groups in total. The van der Waals surface area contributed by atoms with Crippen LogP contribution >= 0.6 is 0 Å². The summed E-state index contributed by atoms with van der Waals surface area (Å²) in [5.74, 6) is 0.0140. The van der Waals surface area contributed by atoms with Gasteiger partial charge in [0.25, 0.3) is 0 Å². The molecule has 4 aromatic rings. The third-order valence-corrected chi connectivity index (χ3v) is 8.81. The van der Waals surface area contributed by atoms with E-state index in [1.807, 2.05) is 42.5 Å². The summed E-state index contributed by atoms with van der Waals surface area (Å²) in [6.45, 7) is 4.25. The van der Waals surface area contributed by atoms with Crippen LogP contribution in [-0.4, -0.2) is 48.1 Å². The van der Waals surface area contributed by atoms with E-state index in [-0.39, 0.29) is 30.6 Å². The number of carbonyl (C=O) groups is 2.